The van der Waals surface area contributed by atoms with E-state index < -0.39 is 10.2 Å². The quantitative estimate of drug-likeness (QED) is 0.510. The zero-order valence-corrected chi connectivity index (χ0v) is 12.8. The van der Waals surface area contributed by atoms with Gasteiger partial charge in [0.1, 0.15) is 5.84 Å². The molecule has 112 valence electrons. The van der Waals surface area contributed by atoms with Crippen molar-refractivity contribution in [3.63, 3.8) is 0 Å². The minimum Gasteiger partial charge on any atom is -0.386 e. The van der Waals surface area contributed by atoms with Gasteiger partial charge in [-0.25, -0.2) is 0 Å². The fraction of sp³-hybridized carbons (Fsp3) is 0.909. The molecule has 0 bridgehead atoms. The number of piperazine rings is 1. The summed E-state index contributed by atoms with van der Waals surface area (Å²) in [7, 11) is -3.34. The largest absolute Gasteiger partial charge is 0.386 e. The van der Waals surface area contributed by atoms with Gasteiger partial charge in [-0.2, -0.15) is 17.0 Å². The Hall–Kier alpha value is -0.700. The lowest BCUT2D eigenvalue weighted by atomic mass is 10.2. The maximum absolute atomic E-state index is 12.3. The van der Waals surface area contributed by atoms with E-state index in [2.05, 4.69) is 0 Å². The van der Waals surface area contributed by atoms with Crippen LogP contribution in [0.2, 0.25) is 0 Å². The third-order valence-corrected chi connectivity index (χ3v) is 5.82. The molecule has 1 saturated heterocycles. The summed E-state index contributed by atoms with van der Waals surface area (Å²) in [6, 6.07) is -0.127. The van der Waals surface area contributed by atoms with E-state index in [1.807, 2.05) is 25.7 Å². The zero-order valence-electron chi connectivity index (χ0n) is 12.0. The second-order valence-electron chi connectivity index (χ2n) is 4.66. The van der Waals surface area contributed by atoms with Crippen LogP contribution in [0, 0.1) is 5.41 Å². The second kappa shape index (κ2) is 6.65. The molecular formula is C11H25N5O2S. The second-order valence-corrected chi connectivity index (χ2v) is 6.59. The average molecular weight is 291 g/mol. The van der Waals surface area contributed by atoms with Gasteiger partial charge in [0, 0.05) is 39.3 Å². The Morgan fingerprint density at radius 2 is 1.74 bits per heavy atom. The first kappa shape index (κ1) is 16.4. The van der Waals surface area contributed by atoms with Gasteiger partial charge in [-0.15, -0.1) is 0 Å². The molecule has 1 atom stereocenters. The number of nitrogens with one attached hydrogen (secondary N) is 1. The summed E-state index contributed by atoms with van der Waals surface area (Å²) in [4.78, 5) is 2.04. The normalized spacial score (nSPS) is 20.6. The van der Waals surface area contributed by atoms with Crippen molar-refractivity contribution in [2.75, 3.05) is 39.3 Å². The number of amidine groups is 1. The van der Waals surface area contributed by atoms with Gasteiger partial charge in [0.25, 0.3) is 10.2 Å². The lowest BCUT2D eigenvalue weighted by Gasteiger charge is -2.38. The fourth-order valence-corrected chi connectivity index (χ4v) is 3.84. The van der Waals surface area contributed by atoms with E-state index >= 15 is 0 Å². The lowest BCUT2D eigenvalue weighted by Crippen LogP contribution is -2.56. The Morgan fingerprint density at radius 1 is 1.26 bits per heavy atom. The van der Waals surface area contributed by atoms with Crippen LogP contribution in [0.3, 0.4) is 0 Å². The van der Waals surface area contributed by atoms with E-state index in [1.54, 1.807) is 0 Å². The molecule has 1 aliphatic heterocycles. The summed E-state index contributed by atoms with van der Waals surface area (Å²) < 4.78 is 27.6. The van der Waals surface area contributed by atoms with Gasteiger partial charge in [0.2, 0.25) is 0 Å². The Labute approximate surface area is 116 Å². The minimum atomic E-state index is -3.34. The van der Waals surface area contributed by atoms with E-state index in [1.165, 1.54) is 8.61 Å². The van der Waals surface area contributed by atoms with Crippen molar-refractivity contribution in [1.29, 1.82) is 5.41 Å². The molecule has 1 heterocycles. The molecule has 0 aromatic carbocycles. The molecule has 1 unspecified atom stereocenters. The Balaban J connectivity index is 2.66. The van der Waals surface area contributed by atoms with Crippen molar-refractivity contribution in [1.82, 2.24) is 13.5 Å². The van der Waals surface area contributed by atoms with Crippen LogP contribution < -0.4 is 5.73 Å². The summed E-state index contributed by atoms with van der Waals surface area (Å²) in [6.45, 7) is 8.67. The van der Waals surface area contributed by atoms with Crippen LogP contribution in [0.25, 0.3) is 0 Å². The van der Waals surface area contributed by atoms with Crippen LogP contribution in [-0.4, -0.2) is 73.1 Å². The van der Waals surface area contributed by atoms with Gasteiger partial charge in [-0.1, -0.05) is 13.8 Å². The molecule has 0 saturated carbocycles. The van der Waals surface area contributed by atoms with Gasteiger partial charge in [-0.05, 0) is 6.92 Å². The SMILES string of the molecule is CCN(CC)S(=O)(=O)N1CCN(C(C)C(=N)N)CC1. The van der Waals surface area contributed by atoms with Crippen molar-refractivity contribution in [3.05, 3.63) is 0 Å². The predicted octanol–water partition coefficient (Wildman–Crippen LogP) is -0.485. The number of nitrogens with zero attached hydrogens (tertiary/aromatic N) is 3. The van der Waals surface area contributed by atoms with E-state index in [0.29, 0.717) is 39.3 Å². The average Bonchev–Trinajstić information content (AvgIpc) is 2.39. The molecule has 0 radical (unpaired) electrons. The van der Waals surface area contributed by atoms with Gasteiger partial charge >= 0.3 is 0 Å². The molecular weight excluding hydrogens is 266 g/mol. The Kier molecular flexibility index (Phi) is 5.72. The maximum atomic E-state index is 12.3. The van der Waals surface area contributed by atoms with Crippen LogP contribution in [0.4, 0.5) is 0 Å². The van der Waals surface area contributed by atoms with Crippen LogP contribution in [0.5, 0.6) is 0 Å². The topological polar surface area (TPSA) is 93.7 Å². The molecule has 0 aromatic rings. The molecule has 8 heteroatoms. The number of hydrogen-bond donors (Lipinski definition) is 2. The lowest BCUT2D eigenvalue weighted by molar-refractivity contribution is 0.168. The van der Waals surface area contributed by atoms with Crippen LogP contribution >= 0.6 is 0 Å². The molecule has 0 amide bonds. The number of nitrogens with two attached hydrogens (primary N) is 1. The summed E-state index contributed by atoms with van der Waals surface area (Å²) in [5.74, 6) is 0.125. The molecule has 19 heavy (non-hydrogen) atoms. The Bertz CT molecular complexity index is 399. The first-order valence-electron chi connectivity index (χ1n) is 6.67. The van der Waals surface area contributed by atoms with Gasteiger partial charge in [-0.3, -0.25) is 10.3 Å². The van der Waals surface area contributed by atoms with Crippen molar-refractivity contribution in [3.8, 4) is 0 Å². The van der Waals surface area contributed by atoms with E-state index in [9.17, 15) is 8.42 Å². The van der Waals surface area contributed by atoms with Gasteiger partial charge in [0.15, 0.2) is 0 Å². The van der Waals surface area contributed by atoms with E-state index in [4.69, 9.17) is 11.1 Å². The van der Waals surface area contributed by atoms with Gasteiger partial charge < -0.3 is 5.73 Å². The highest BCUT2D eigenvalue weighted by Crippen LogP contribution is 2.13. The highest BCUT2D eigenvalue weighted by atomic mass is 32.2. The fourth-order valence-electron chi connectivity index (χ4n) is 2.23. The summed E-state index contributed by atoms with van der Waals surface area (Å²) in [5, 5.41) is 7.43. The highest BCUT2D eigenvalue weighted by molar-refractivity contribution is 7.86. The third-order valence-electron chi connectivity index (χ3n) is 3.63. The molecule has 7 nitrogen and oxygen atoms in total. The smallest absolute Gasteiger partial charge is 0.282 e. The first-order chi connectivity index (χ1) is 8.84. The van der Waals surface area contributed by atoms with Crippen LogP contribution in [-0.2, 0) is 10.2 Å². The summed E-state index contributed by atoms with van der Waals surface area (Å²) >= 11 is 0. The monoisotopic (exact) mass is 291 g/mol. The molecule has 0 aromatic heterocycles. The molecule has 1 aliphatic rings. The van der Waals surface area contributed by atoms with Crippen LogP contribution in [0.15, 0.2) is 0 Å². The van der Waals surface area contributed by atoms with Crippen molar-refractivity contribution in [2.45, 2.75) is 26.8 Å². The third kappa shape index (κ3) is 3.65. The zero-order chi connectivity index (χ0) is 14.6. The number of hydrogen-bond acceptors (Lipinski definition) is 4. The number of rotatable bonds is 6. The molecule has 1 fully saturated rings. The predicted molar refractivity (Wildman–Crippen MR) is 76.4 cm³/mol. The van der Waals surface area contributed by atoms with Gasteiger partial charge in [0.05, 0.1) is 6.04 Å². The van der Waals surface area contributed by atoms with Crippen LogP contribution in [0.1, 0.15) is 20.8 Å². The minimum absolute atomic E-state index is 0.125. The molecule has 3 N–H and O–H groups in total. The highest BCUT2D eigenvalue weighted by Gasteiger charge is 2.32. The maximum Gasteiger partial charge on any atom is 0.282 e. The van der Waals surface area contributed by atoms with Crippen molar-refractivity contribution < 1.29 is 8.42 Å². The molecule has 0 spiro atoms. The van der Waals surface area contributed by atoms with Crippen molar-refractivity contribution in [2.24, 2.45) is 5.73 Å². The summed E-state index contributed by atoms with van der Waals surface area (Å²) in [5.41, 5.74) is 5.48. The first-order valence-corrected chi connectivity index (χ1v) is 8.07. The Morgan fingerprint density at radius 3 is 2.11 bits per heavy atom. The summed E-state index contributed by atoms with van der Waals surface area (Å²) in [6.07, 6.45) is 0. The molecule has 0 aliphatic carbocycles. The van der Waals surface area contributed by atoms with E-state index in [-0.39, 0.29) is 11.9 Å². The van der Waals surface area contributed by atoms with E-state index in [0.717, 1.165) is 0 Å². The molecule has 1 rings (SSSR count). The standard InChI is InChI=1S/C11H25N5O2S/c1-4-15(5-2)19(17,18)16-8-6-14(7-9-16)10(3)11(12)13/h10H,4-9H2,1-3H3,(H3,12,13). The van der Waals surface area contributed by atoms with Crippen molar-refractivity contribution >= 4 is 16.0 Å².